The summed E-state index contributed by atoms with van der Waals surface area (Å²) in [5.41, 5.74) is 1.34. The van der Waals surface area contributed by atoms with Crippen LogP contribution in [0, 0.1) is 0 Å². The first-order valence-corrected chi connectivity index (χ1v) is 7.62. The summed E-state index contributed by atoms with van der Waals surface area (Å²) in [4.78, 5) is 4.40. The lowest BCUT2D eigenvalue weighted by Crippen LogP contribution is -2.04. The highest BCUT2D eigenvalue weighted by Crippen LogP contribution is 2.21. The molecule has 2 rings (SSSR count). The third-order valence-electron chi connectivity index (χ3n) is 2.76. The minimum Gasteiger partial charge on any atom is -0.477 e. The SMILES string of the molecule is CCCCOc1csc(NCCc2ccccc2)n1. The number of thiazole rings is 1. The molecule has 4 heteroatoms. The number of anilines is 1. The molecule has 1 aromatic heterocycles. The molecule has 19 heavy (non-hydrogen) atoms. The molecule has 1 aromatic carbocycles. The molecule has 0 amide bonds. The van der Waals surface area contributed by atoms with Gasteiger partial charge in [-0.1, -0.05) is 43.7 Å². The molecule has 1 N–H and O–H groups in total. The van der Waals surface area contributed by atoms with Gasteiger partial charge in [0.2, 0.25) is 5.88 Å². The van der Waals surface area contributed by atoms with Gasteiger partial charge in [0.1, 0.15) is 0 Å². The van der Waals surface area contributed by atoms with Crippen LogP contribution in [0.2, 0.25) is 0 Å². The van der Waals surface area contributed by atoms with Crippen molar-refractivity contribution < 1.29 is 4.74 Å². The molecule has 0 saturated carbocycles. The maximum atomic E-state index is 5.55. The van der Waals surface area contributed by atoms with Crippen molar-refractivity contribution in [3.05, 3.63) is 41.3 Å². The zero-order valence-corrected chi connectivity index (χ0v) is 12.1. The van der Waals surface area contributed by atoms with E-state index in [0.29, 0.717) is 0 Å². The van der Waals surface area contributed by atoms with Gasteiger partial charge in [0.05, 0.1) is 12.0 Å². The summed E-state index contributed by atoms with van der Waals surface area (Å²) in [7, 11) is 0. The summed E-state index contributed by atoms with van der Waals surface area (Å²) in [5, 5.41) is 6.22. The Labute approximate surface area is 118 Å². The molecule has 0 fully saturated rings. The van der Waals surface area contributed by atoms with Crippen molar-refractivity contribution in [3.8, 4) is 5.88 Å². The van der Waals surface area contributed by atoms with Gasteiger partial charge in [-0.25, -0.2) is 0 Å². The van der Waals surface area contributed by atoms with Crippen molar-refractivity contribution in [2.24, 2.45) is 0 Å². The number of hydrogen-bond donors (Lipinski definition) is 1. The molecule has 0 aliphatic heterocycles. The summed E-state index contributed by atoms with van der Waals surface area (Å²) in [6.45, 7) is 3.80. The summed E-state index contributed by atoms with van der Waals surface area (Å²) < 4.78 is 5.55. The minimum atomic E-state index is 0.737. The van der Waals surface area contributed by atoms with Crippen molar-refractivity contribution in [1.29, 1.82) is 0 Å². The van der Waals surface area contributed by atoms with Gasteiger partial charge < -0.3 is 10.1 Å². The lowest BCUT2D eigenvalue weighted by molar-refractivity contribution is 0.300. The Morgan fingerprint density at radius 2 is 2.11 bits per heavy atom. The smallest absolute Gasteiger partial charge is 0.226 e. The van der Waals surface area contributed by atoms with Crippen LogP contribution in [0.3, 0.4) is 0 Å². The number of hydrogen-bond acceptors (Lipinski definition) is 4. The molecular weight excluding hydrogens is 256 g/mol. The van der Waals surface area contributed by atoms with E-state index < -0.39 is 0 Å². The first-order chi connectivity index (χ1) is 9.38. The number of unbranched alkanes of at least 4 members (excludes halogenated alkanes) is 1. The fourth-order valence-electron chi connectivity index (χ4n) is 1.69. The first-order valence-electron chi connectivity index (χ1n) is 6.74. The average molecular weight is 276 g/mol. The molecule has 0 unspecified atom stereocenters. The normalized spacial score (nSPS) is 10.4. The second kappa shape index (κ2) is 7.79. The first kappa shape index (κ1) is 13.9. The van der Waals surface area contributed by atoms with Gasteiger partial charge in [-0.05, 0) is 18.4 Å². The highest BCUT2D eigenvalue weighted by Gasteiger charge is 2.02. The average Bonchev–Trinajstić information content (AvgIpc) is 2.88. The number of ether oxygens (including phenoxy) is 1. The number of nitrogens with one attached hydrogen (secondary N) is 1. The minimum absolute atomic E-state index is 0.737. The number of nitrogens with zero attached hydrogens (tertiary/aromatic N) is 1. The lowest BCUT2D eigenvalue weighted by Gasteiger charge is -2.03. The van der Waals surface area contributed by atoms with Crippen LogP contribution in [-0.4, -0.2) is 18.1 Å². The summed E-state index contributed by atoms with van der Waals surface area (Å²) in [6, 6.07) is 10.5. The van der Waals surface area contributed by atoms with Crippen LogP contribution in [0.15, 0.2) is 35.7 Å². The topological polar surface area (TPSA) is 34.1 Å². The quantitative estimate of drug-likeness (QED) is 0.741. The van der Waals surface area contributed by atoms with Crippen molar-refractivity contribution in [3.63, 3.8) is 0 Å². The van der Waals surface area contributed by atoms with E-state index in [2.05, 4.69) is 41.5 Å². The maximum absolute atomic E-state index is 5.55. The fraction of sp³-hybridized carbons (Fsp3) is 0.400. The predicted octanol–water partition coefficient (Wildman–Crippen LogP) is 3.98. The Morgan fingerprint density at radius 1 is 1.26 bits per heavy atom. The van der Waals surface area contributed by atoms with Gasteiger partial charge >= 0.3 is 0 Å². The number of rotatable bonds is 8. The Morgan fingerprint density at radius 3 is 2.89 bits per heavy atom. The maximum Gasteiger partial charge on any atom is 0.226 e. The van der Waals surface area contributed by atoms with Crippen molar-refractivity contribution in [1.82, 2.24) is 4.98 Å². The third-order valence-corrected chi connectivity index (χ3v) is 3.54. The van der Waals surface area contributed by atoms with E-state index in [-0.39, 0.29) is 0 Å². The molecule has 102 valence electrons. The van der Waals surface area contributed by atoms with E-state index in [1.807, 2.05) is 11.4 Å². The van der Waals surface area contributed by atoms with Crippen LogP contribution in [0.1, 0.15) is 25.3 Å². The molecule has 2 aromatic rings. The molecule has 0 bridgehead atoms. The summed E-state index contributed by atoms with van der Waals surface area (Å²) in [5.74, 6) is 0.737. The molecule has 1 heterocycles. The second-order valence-corrected chi connectivity index (χ2v) is 5.21. The molecule has 0 saturated heterocycles. The lowest BCUT2D eigenvalue weighted by atomic mass is 10.2. The number of benzene rings is 1. The van der Waals surface area contributed by atoms with Gasteiger partial charge in [-0.15, -0.1) is 11.3 Å². The molecular formula is C15H20N2OS. The van der Waals surface area contributed by atoms with E-state index in [1.165, 1.54) is 5.56 Å². The van der Waals surface area contributed by atoms with Crippen molar-refractivity contribution >= 4 is 16.5 Å². The van der Waals surface area contributed by atoms with Gasteiger partial charge in [-0.3, -0.25) is 0 Å². The van der Waals surface area contributed by atoms with Crippen LogP contribution < -0.4 is 10.1 Å². The van der Waals surface area contributed by atoms with Crippen LogP contribution in [0.25, 0.3) is 0 Å². The van der Waals surface area contributed by atoms with Gasteiger partial charge in [0.25, 0.3) is 0 Å². The monoisotopic (exact) mass is 276 g/mol. The van der Waals surface area contributed by atoms with Crippen LogP contribution >= 0.6 is 11.3 Å². The molecule has 0 radical (unpaired) electrons. The number of aromatic nitrogens is 1. The van der Waals surface area contributed by atoms with Crippen molar-refractivity contribution in [2.75, 3.05) is 18.5 Å². The Hall–Kier alpha value is -1.55. The van der Waals surface area contributed by atoms with Crippen molar-refractivity contribution in [2.45, 2.75) is 26.2 Å². The molecule has 0 aliphatic carbocycles. The van der Waals surface area contributed by atoms with E-state index in [9.17, 15) is 0 Å². The Bertz CT molecular complexity index is 470. The van der Waals surface area contributed by atoms with E-state index in [4.69, 9.17) is 4.74 Å². The molecule has 0 spiro atoms. The summed E-state index contributed by atoms with van der Waals surface area (Å²) in [6.07, 6.45) is 3.23. The second-order valence-electron chi connectivity index (χ2n) is 4.36. The van der Waals surface area contributed by atoms with Crippen LogP contribution in [-0.2, 0) is 6.42 Å². The van der Waals surface area contributed by atoms with E-state index >= 15 is 0 Å². The third kappa shape index (κ3) is 4.91. The largest absolute Gasteiger partial charge is 0.477 e. The Balaban J connectivity index is 1.71. The zero-order chi connectivity index (χ0) is 13.3. The Kier molecular flexibility index (Phi) is 5.69. The molecule has 3 nitrogen and oxygen atoms in total. The van der Waals surface area contributed by atoms with Gasteiger partial charge in [0, 0.05) is 6.54 Å². The van der Waals surface area contributed by atoms with Crippen LogP contribution in [0.4, 0.5) is 5.13 Å². The van der Waals surface area contributed by atoms with Crippen LogP contribution in [0.5, 0.6) is 5.88 Å². The highest BCUT2D eigenvalue weighted by molar-refractivity contribution is 7.13. The zero-order valence-electron chi connectivity index (χ0n) is 11.3. The fourth-order valence-corrected chi connectivity index (χ4v) is 2.35. The van der Waals surface area contributed by atoms with E-state index in [1.54, 1.807) is 11.3 Å². The van der Waals surface area contributed by atoms with Gasteiger partial charge in [-0.2, -0.15) is 4.98 Å². The summed E-state index contributed by atoms with van der Waals surface area (Å²) >= 11 is 1.60. The van der Waals surface area contributed by atoms with E-state index in [0.717, 1.165) is 43.4 Å². The molecule has 0 aliphatic rings. The predicted molar refractivity (Wildman–Crippen MR) is 81.2 cm³/mol. The molecule has 0 atom stereocenters. The van der Waals surface area contributed by atoms with Gasteiger partial charge in [0.15, 0.2) is 5.13 Å². The standard InChI is InChI=1S/C15H20N2OS/c1-2-3-11-18-14-12-19-15(17-14)16-10-9-13-7-5-4-6-8-13/h4-8,12H,2-3,9-11H2,1H3,(H,16,17). The highest BCUT2D eigenvalue weighted by atomic mass is 32.1.